The van der Waals surface area contributed by atoms with Gasteiger partial charge in [0.2, 0.25) is 0 Å². The normalized spacial score (nSPS) is 11.9. The Kier molecular flexibility index (Phi) is 6.27. The molecule has 0 bridgehead atoms. The highest BCUT2D eigenvalue weighted by atomic mass is 16.6. The molecule has 1 aromatic rings. The number of aromatic hydroxyl groups is 1. The first-order chi connectivity index (χ1) is 10.5. The molecule has 0 fully saturated rings. The third-order valence-corrected chi connectivity index (χ3v) is 3.01. The van der Waals surface area contributed by atoms with E-state index in [0.717, 1.165) is 5.56 Å². The van der Waals surface area contributed by atoms with E-state index in [9.17, 15) is 9.90 Å². The van der Waals surface area contributed by atoms with Crippen LogP contribution in [0.2, 0.25) is 0 Å². The molecule has 0 aliphatic rings. The fourth-order valence-electron chi connectivity index (χ4n) is 1.95. The van der Waals surface area contributed by atoms with E-state index in [0.29, 0.717) is 18.8 Å². The highest BCUT2D eigenvalue weighted by Gasteiger charge is 2.24. The van der Waals surface area contributed by atoms with Crippen molar-refractivity contribution >= 4 is 6.09 Å². The van der Waals surface area contributed by atoms with Gasteiger partial charge >= 0.3 is 6.09 Å². The van der Waals surface area contributed by atoms with E-state index in [-0.39, 0.29) is 5.75 Å². The maximum atomic E-state index is 11.8. The first-order valence-corrected chi connectivity index (χ1v) is 7.60. The smallest absolute Gasteiger partial charge is 0.408 e. The largest absolute Gasteiger partial charge is 0.507 e. The average molecular weight is 324 g/mol. The van der Waals surface area contributed by atoms with Crippen LogP contribution in [0.15, 0.2) is 18.2 Å². The van der Waals surface area contributed by atoms with Crippen molar-refractivity contribution in [1.29, 1.82) is 0 Å². The summed E-state index contributed by atoms with van der Waals surface area (Å²) in [4.78, 5) is 11.8. The summed E-state index contributed by atoms with van der Waals surface area (Å²) in [5.41, 5.74) is -0.244. The maximum Gasteiger partial charge on any atom is 0.408 e. The minimum atomic E-state index is -0.525. The zero-order valence-corrected chi connectivity index (χ0v) is 14.8. The average Bonchev–Trinajstić information content (AvgIpc) is 2.37. The highest BCUT2D eigenvalue weighted by Crippen LogP contribution is 2.23. The van der Waals surface area contributed by atoms with Gasteiger partial charge in [0.05, 0.1) is 12.6 Å². The van der Waals surface area contributed by atoms with Crippen LogP contribution in [0.3, 0.4) is 0 Å². The van der Waals surface area contributed by atoms with Gasteiger partial charge in [-0.25, -0.2) is 4.79 Å². The van der Waals surface area contributed by atoms with Crippen LogP contribution in [-0.4, -0.2) is 36.0 Å². The van der Waals surface area contributed by atoms with Gasteiger partial charge < -0.3 is 25.2 Å². The number of hydrogen-bond donors (Lipinski definition) is 3. The van der Waals surface area contributed by atoms with E-state index in [2.05, 4.69) is 10.6 Å². The zero-order chi connectivity index (χ0) is 17.7. The number of amides is 1. The number of carbonyl (C=O) groups is 1. The first-order valence-electron chi connectivity index (χ1n) is 7.60. The SMILES string of the molecule is COc1ccc(CNCC(C)(C)NC(=O)OC(C)(C)C)c(O)c1. The van der Waals surface area contributed by atoms with Crippen LogP contribution in [0.5, 0.6) is 11.5 Å². The second-order valence-electron chi connectivity index (χ2n) is 7.11. The lowest BCUT2D eigenvalue weighted by Crippen LogP contribution is -2.51. The Morgan fingerprint density at radius 2 is 1.87 bits per heavy atom. The monoisotopic (exact) mass is 324 g/mol. The standard InChI is InChI=1S/C17H28N2O4/c1-16(2,3)23-15(21)19-17(4,5)11-18-10-12-7-8-13(22-6)9-14(12)20/h7-9,18,20H,10-11H2,1-6H3,(H,19,21). The number of hydrogen-bond acceptors (Lipinski definition) is 5. The van der Waals surface area contributed by atoms with Crippen LogP contribution >= 0.6 is 0 Å². The fraction of sp³-hybridized carbons (Fsp3) is 0.588. The molecule has 0 spiro atoms. The molecule has 0 aliphatic heterocycles. The van der Waals surface area contributed by atoms with Crippen molar-refractivity contribution < 1.29 is 19.4 Å². The van der Waals surface area contributed by atoms with Crippen LogP contribution < -0.4 is 15.4 Å². The van der Waals surface area contributed by atoms with E-state index in [4.69, 9.17) is 9.47 Å². The Morgan fingerprint density at radius 1 is 1.22 bits per heavy atom. The molecule has 6 heteroatoms. The molecule has 1 rings (SSSR count). The van der Waals surface area contributed by atoms with Gasteiger partial charge in [-0.3, -0.25) is 0 Å². The number of benzene rings is 1. The van der Waals surface area contributed by atoms with E-state index >= 15 is 0 Å². The lowest BCUT2D eigenvalue weighted by molar-refractivity contribution is 0.0472. The van der Waals surface area contributed by atoms with E-state index < -0.39 is 17.2 Å². The molecule has 130 valence electrons. The Morgan fingerprint density at radius 3 is 2.39 bits per heavy atom. The Bertz CT molecular complexity index is 536. The van der Waals surface area contributed by atoms with Crippen LogP contribution in [0, 0.1) is 0 Å². The molecule has 0 saturated carbocycles. The van der Waals surface area contributed by atoms with Crippen molar-refractivity contribution in [3.05, 3.63) is 23.8 Å². The summed E-state index contributed by atoms with van der Waals surface area (Å²) in [5, 5.41) is 16.0. The zero-order valence-electron chi connectivity index (χ0n) is 14.8. The summed E-state index contributed by atoms with van der Waals surface area (Å²) in [5.74, 6) is 0.785. The topological polar surface area (TPSA) is 79.8 Å². The third kappa shape index (κ3) is 7.23. The predicted molar refractivity (Wildman–Crippen MR) is 89.8 cm³/mol. The summed E-state index contributed by atoms with van der Waals surface area (Å²) in [6, 6.07) is 5.16. The molecule has 0 heterocycles. The first kappa shape index (κ1) is 19.1. The minimum Gasteiger partial charge on any atom is -0.507 e. The second-order valence-corrected chi connectivity index (χ2v) is 7.11. The lowest BCUT2D eigenvalue weighted by atomic mass is 10.1. The Hall–Kier alpha value is -1.95. The number of methoxy groups -OCH3 is 1. The molecule has 1 aromatic carbocycles. The summed E-state index contributed by atoms with van der Waals surface area (Å²) in [6.45, 7) is 10.3. The van der Waals surface area contributed by atoms with Gasteiger partial charge in [0.25, 0.3) is 0 Å². The van der Waals surface area contributed by atoms with Gasteiger partial charge in [0.1, 0.15) is 17.1 Å². The Labute approximate surface area is 138 Å². The van der Waals surface area contributed by atoms with Crippen LogP contribution in [0.1, 0.15) is 40.2 Å². The molecule has 0 aromatic heterocycles. The van der Waals surface area contributed by atoms with Crippen molar-refractivity contribution in [3.8, 4) is 11.5 Å². The maximum absolute atomic E-state index is 11.8. The molecule has 0 atom stereocenters. The third-order valence-electron chi connectivity index (χ3n) is 3.01. The summed E-state index contributed by atoms with van der Waals surface area (Å²) in [7, 11) is 1.55. The van der Waals surface area contributed by atoms with E-state index in [1.165, 1.54) is 0 Å². The van der Waals surface area contributed by atoms with Gasteiger partial charge in [0, 0.05) is 24.7 Å². The van der Waals surface area contributed by atoms with E-state index in [1.807, 2.05) is 34.6 Å². The molecular formula is C17H28N2O4. The van der Waals surface area contributed by atoms with Crippen LogP contribution in [-0.2, 0) is 11.3 Å². The Balaban J connectivity index is 2.49. The van der Waals surface area contributed by atoms with Crippen molar-refractivity contribution in [1.82, 2.24) is 10.6 Å². The van der Waals surface area contributed by atoms with Crippen LogP contribution in [0.4, 0.5) is 4.79 Å². The van der Waals surface area contributed by atoms with Crippen molar-refractivity contribution in [3.63, 3.8) is 0 Å². The molecule has 0 unspecified atom stereocenters. The number of ether oxygens (including phenoxy) is 2. The van der Waals surface area contributed by atoms with Crippen molar-refractivity contribution in [2.45, 2.75) is 52.3 Å². The molecule has 23 heavy (non-hydrogen) atoms. The number of nitrogens with one attached hydrogen (secondary N) is 2. The summed E-state index contributed by atoms with van der Waals surface area (Å²) >= 11 is 0. The molecular weight excluding hydrogens is 296 g/mol. The molecule has 0 radical (unpaired) electrons. The van der Waals surface area contributed by atoms with Crippen molar-refractivity contribution in [2.75, 3.05) is 13.7 Å². The predicted octanol–water partition coefficient (Wildman–Crippen LogP) is 2.79. The number of phenols is 1. The number of rotatable bonds is 6. The van der Waals surface area contributed by atoms with Gasteiger partial charge in [-0.15, -0.1) is 0 Å². The number of phenolic OH excluding ortho intramolecular Hbond substituents is 1. The van der Waals surface area contributed by atoms with Gasteiger partial charge in [-0.05, 0) is 40.7 Å². The van der Waals surface area contributed by atoms with Gasteiger partial charge in [0.15, 0.2) is 0 Å². The summed E-state index contributed by atoms with van der Waals surface area (Å²) in [6.07, 6.45) is -0.448. The second kappa shape index (κ2) is 7.55. The molecule has 3 N–H and O–H groups in total. The lowest BCUT2D eigenvalue weighted by Gasteiger charge is -2.29. The fourth-order valence-corrected chi connectivity index (χ4v) is 1.95. The molecule has 0 aliphatic carbocycles. The summed E-state index contributed by atoms with van der Waals surface area (Å²) < 4.78 is 10.3. The number of carbonyl (C=O) groups excluding carboxylic acids is 1. The van der Waals surface area contributed by atoms with Gasteiger partial charge in [-0.2, -0.15) is 0 Å². The highest BCUT2D eigenvalue weighted by molar-refractivity contribution is 5.68. The molecule has 0 saturated heterocycles. The quantitative estimate of drug-likeness (QED) is 0.750. The van der Waals surface area contributed by atoms with E-state index in [1.54, 1.807) is 25.3 Å². The number of alkyl carbamates (subject to hydrolysis) is 1. The minimum absolute atomic E-state index is 0.176. The van der Waals surface area contributed by atoms with Crippen molar-refractivity contribution in [2.24, 2.45) is 0 Å². The van der Waals surface area contributed by atoms with Gasteiger partial charge in [-0.1, -0.05) is 6.07 Å². The van der Waals surface area contributed by atoms with Crippen LogP contribution in [0.25, 0.3) is 0 Å². The molecule has 6 nitrogen and oxygen atoms in total. The molecule has 1 amide bonds.